The van der Waals surface area contributed by atoms with Gasteiger partial charge in [-0.1, -0.05) is 6.07 Å². The fraction of sp³-hybridized carbons (Fsp3) is 0.533. The molecule has 2 aliphatic rings. The highest BCUT2D eigenvalue weighted by molar-refractivity contribution is 6.07. The van der Waals surface area contributed by atoms with E-state index >= 15 is 0 Å². The largest absolute Gasteiger partial charge is 0.378 e. The van der Waals surface area contributed by atoms with E-state index in [2.05, 4.69) is 10.3 Å². The summed E-state index contributed by atoms with van der Waals surface area (Å²) in [5.74, 6) is -0.228. The Kier molecular flexibility index (Phi) is 3.88. The van der Waals surface area contributed by atoms with Crippen LogP contribution in [0.25, 0.3) is 0 Å². The van der Waals surface area contributed by atoms with Crippen molar-refractivity contribution in [3.63, 3.8) is 0 Å². The van der Waals surface area contributed by atoms with Gasteiger partial charge < -0.3 is 15.0 Å². The Morgan fingerprint density at radius 2 is 2.05 bits per heavy atom. The minimum Gasteiger partial charge on any atom is -0.378 e. The van der Waals surface area contributed by atoms with E-state index in [1.165, 1.54) is 0 Å². The molecule has 2 amide bonds. The summed E-state index contributed by atoms with van der Waals surface area (Å²) in [6.07, 6.45) is 2.96. The number of carbonyl (C=O) groups excluding carboxylic acids is 2. The van der Waals surface area contributed by atoms with Crippen molar-refractivity contribution in [2.45, 2.75) is 19.4 Å². The Labute approximate surface area is 123 Å². The van der Waals surface area contributed by atoms with Crippen molar-refractivity contribution < 1.29 is 14.3 Å². The number of morpholine rings is 1. The van der Waals surface area contributed by atoms with Gasteiger partial charge in [-0.2, -0.15) is 0 Å². The minimum atomic E-state index is -0.841. The number of ether oxygens (including phenoxy) is 1. The van der Waals surface area contributed by atoms with Crippen LogP contribution in [0.3, 0.4) is 0 Å². The van der Waals surface area contributed by atoms with Gasteiger partial charge in [-0.3, -0.25) is 14.6 Å². The summed E-state index contributed by atoms with van der Waals surface area (Å²) in [7, 11) is 0. The second-order valence-electron chi connectivity index (χ2n) is 5.49. The predicted octanol–water partition coefficient (Wildman–Crippen LogP) is 0.337. The van der Waals surface area contributed by atoms with Gasteiger partial charge in [-0.15, -0.1) is 0 Å². The van der Waals surface area contributed by atoms with Crippen LogP contribution in [-0.2, 0) is 20.9 Å². The van der Waals surface area contributed by atoms with E-state index < -0.39 is 5.41 Å². The lowest BCUT2D eigenvalue weighted by molar-refractivity contribution is -0.147. The number of pyridine rings is 1. The van der Waals surface area contributed by atoms with Crippen molar-refractivity contribution in [2.75, 3.05) is 26.3 Å². The zero-order valence-corrected chi connectivity index (χ0v) is 11.9. The summed E-state index contributed by atoms with van der Waals surface area (Å²) in [6.45, 7) is 2.62. The van der Waals surface area contributed by atoms with Crippen LogP contribution in [0, 0.1) is 5.41 Å². The summed E-state index contributed by atoms with van der Waals surface area (Å²) < 4.78 is 5.25. The third-order valence-corrected chi connectivity index (χ3v) is 4.05. The fourth-order valence-corrected chi connectivity index (χ4v) is 2.57. The summed E-state index contributed by atoms with van der Waals surface area (Å²) in [4.78, 5) is 30.8. The molecule has 1 saturated carbocycles. The van der Waals surface area contributed by atoms with Crippen molar-refractivity contribution in [3.05, 3.63) is 30.1 Å². The van der Waals surface area contributed by atoms with Crippen LogP contribution in [0.1, 0.15) is 18.5 Å². The predicted molar refractivity (Wildman–Crippen MR) is 75.1 cm³/mol. The molecule has 0 spiro atoms. The molecule has 0 aromatic carbocycles. The highest BCUT2D eigenvalue weighted by Gasteiger charge is 2.57. The highest BCUT2D eigenvalue weighted by Crippen LogP contribution is 2.47. The molecule has 0 atom stereocenters. The molecule has 6 nitrogen and oxygen atoms in total. The average molecular weight is 289 g/mol. The van der Waals surface area contributed by atoms with Gasteiger partial charge in [0.15, 0.2) is 0 Å². The molecule has 21 heavy (non-hydrogen) atoms. The number of hydrogen-bond acceptors (Lipinski definition) is 4. The first kappa shape index (κ1) is 14.0. The van der Waals surface area contributed by atoms with E-state index in [0.717, 1.165) is 5.69 Å². The van der Waals surface area contributed by atoms with E-state index in [0.29, 0.717) is 45.7 Å². The minimum absolute atomic E-state index is 0.0516. The lowest BCUT2D eigenvalue weighted by Crippen LogP contribution is -2.49. The molecule has 1 aliphatic carbocycles. The number of nitrogens with one attached hydrogen (secondary N) is 1. The maximum atomic E-state index is 12.5. The Balaban J connectivity index is 1.59. The molecule has 3 rings (SSSR count). The second-order valence-corrected chi connectivity index (χ2v) is 5.49. The average Bonchev–Trinajstić information content (AvgIpc) is 3.35. The molecule has 1 aromatic heterocycles. The second kappa shape index (κ2) is 5.81. The van der Waals surface area contributed by atoms with Crippen LogP contribution in [-0.4, -0.2) is 48.0 Å². The number of carbonyl (C=O) groups is 2. The van der Waals surface area contributed by atoms with Gasteiger partial charge in [-0.05, 0) is 25.0 Å². The Bertz CT molecular complexity index is 522. The van der Waals surface area contributed by atoms with Crippen molar-refractivity contribution in [1.82, 2.24) is 15.2 Å². The Morgan fingerprint density at radius 3 is 2.67 bits per heavy atom. The standard InChI is InChI=1S/C15H19N3O3/c19-13(17-11-12-3-1-2-6-16-12)15(4-5-15)14(20)18-7-9-21-10-8-18/h1-3,6H,4-5,7-11H2,(H,17,19). The van der Waals surface area contributed by atoms with Crippen LogP contribution in [0.15, 0.2) is 24.4 Å². The third kappa shape index (κ3) is 2.90. The molecule has 1 saturated heterocycles. The molecule has 1 N–H and O–H groups in total. The van der Waals surface area contributed by atoms with Gasteiger partial charge in [0.1, 0.15) is 5.41 Å². The molecule has 1 aliphatic heterocycles. The first-order chi connectivity index (χ1) is 10.2. The molecule has 0 bridgehead atoms. The molecular formula is C15H19N3O3. The fourth-order valence-electron chi connectivity index (χ4n) is 2.57. The van der Waals surface area contributed by atoms with Crippen molar-refractivity contribution >= 4 is 11.8 Å². The number of amides is 2. The maximum Gasteiger partial charge on any atom is 0.238 e. The molecule has 6 heteroatoms. The van der Waals surface area contributed by atoms with Crippen LogP contribution >= 0.6 is 0 Å². The molecule has 0 radical (unpaired) electrons. The van der Waals surface area contributed by atoms with E-state index in [1.807, 2.05) is 18.2 Å². The van der Waals surface area contributed by atoms with Crippen molar-refractivity contribution in [3.8, 4) is 0 Å². The number of hydrogen-bond donors (Lipinski definition) is 1. The van der Waals surface area contributed by atoms with E-state index in [-0.39, 0.29) is 11.8 Å². The quantitative estimate of drug-likeness (QED) is 0.811. The molecule has 2 heterocycles. The number of aromatic nitrogens is 1. The van der Waals surface area contributed by atoms with Gasteiger partial charge in [0.25, 0.3) is 0 Å². The van der Waals surface area contributed by atoms with Crippen LogP contribution < -0.4 is 5.32 Å². The van der Waals surface area contributed by atoms with Gasteiger partial charge in [0, 0.05) is 19.3 Å². The van der Waals surface area contributed by atoms with Gasteiger partial charge >= 0.3 is 0 Å². The molecule has 0 unspecified atom stereocenters. The van der Waals surface area contributed by atoms with Gasteiger partial charge in [0.05, 0.1) is 25.5 Å². The topological polar surface area (TPSA) is 71.5 Å². The highest BCUT2D eigenvalue weighted by atomic mass is 16.5. The van der Waals surface area contributed by atoms with E-state index in [1.54, 1.807) is 11.1 Å². The van der Waals surface area contributed by atoms with Crippen LogP contribution in [0.5, 0.6) is 0 Å². The van der Waals surface area contributed by atoms with Gasteiger partial charge in [0.2, 0.25) is 11.8 Å². The number of rotatable bonds is 4. The normalized spacial score (nSPS) is 19.9. The third-order valence-electron chi connectivity index (χ3n) is 4.05. The first-order valence-electron chi connectivity index (χ1n) is 7.28. The summed E-state index contributed by atoms with van der Waals surface area (Å²) in [6, 6.07) is 5.56. The SMILES string of the molecule is O=C(NCc1ccccn1)C1(C(=O)N2CCOCC2)CC1. The Hall–Kier alpha value is -1.95. The zero-order chi connectivity index (χ0) is 14.7. The molecule has 2 fully saturated rings. The van der Waals surface area contributed by atoms with E-state index in [4.69, 9.17) is 4.74 Å². The first-order valence-corrected chi connectivity index (χ1v) is 7.28. The van der Waals surface area contributed by atoms with Crippen molar-refractivity contribution in [1.29, 1.82) is 0 Å². The summed E-state index contributed by atoms with van der Waals surface area (Å²) in [5.41, 5.74) is -0.0490. The number of nitrogens with zero attached hydrogens (tertiary/aromatic N) is 2. The molecule has 1 aromatic rings. The molecule has 112 valence electrons. The lowest BCUT2D eigenvalue weighted by Gasteiger charge is -2.30. The van der Waals surface area contributed by atoms with Crippen LogP contribution in [0.2, 0.25) is 0 Å². The molecular weight excluding hydrogens is 270 g/mol. The smallest absolute Gasteiger partial charge is 0.238 e. The summed E-state index contributed by atoms with van der Waals surface area (Å²) in [5, 5.41) is 2.84. The monoisotopic (exact) mass is 289 g/mol. The van der Waals surface area contributed by atoms with E-state index in [9.17, 15) is 9.59 Å². The lowest BCUT2D eigenvalue weighted by atomic mass is 10.0. The summed E-state index contributed by atoms with van der Waals surface area (Å²) >= 11 is 0. The zero-order valence-electron chi connectivity index (χ0n) is 11.9. The maximum absolute atomic E-state index is 12.5. The Morgan fingerprint density at radius 1 is 1.29 bits per heavy atom. The van der Waals surface area contributed by atoms with Crippen LogP contribution in [0.4, 0.5) is 0 Å². The van der Waals surface area contributed by atoms with Crippen molar-refractivity contribution in [2.24, 2.45) is 5.41 Å². The van der Waals surface area contributed by atoms with Gasteiger partial charge in [-0.25, -0.2) is 0 Å².